The Morgan fingerprint density at radius 2 is 2.05 bits per heavy atom. The molecule has 0 aliphatic carbocycles. The van der Waals surface area contributed by atoms with Crippen LogP contribution in [0, 0.1) is 11.8 Å². The van der Waals surface area contributed by atoms with E-state index in [9.17, 15) is 0 Å². The Bertz CT molecular complexity index is 418. The first-order valence-electron chi connectivity index (χ1n) is 6.78. The molecule has 0 atom stereocenters. The van der Waals surface area contributed by atoms with Gasteiger partial charge in [-0.2, -0.15) is 11.8 Å². The zero-order valence-electron chi connectivity index (χ0n) is 11.9. The number of nitrogens with zero attached hydrogens (tertiary/aromatic N) is 1. The van der Waals surface area contributed by atoms with Crippen LogP contribution in [0.5, 0.6) is 0 Å². The average Bonchev–Trinajstić information content (AvgIpc) is 2.46. The van der Waals surface area contributed by atoms with Gasteiger partial charge in [-0.25, -0.2) is 0 Å². The van der Waals surface area contributed by atoms with Crippen LogP contribution in [0.1, 0.15) is 25.0 Å². The highest BCUT2D eigenvalue weighted by molar-refractivity contribution is 7.98. The van der Waals surface area contributed by atoms with Gasteiger partial charge < -0.3 is 10.0 Å². The van der Waals surface area contributed by atoms with E-state index in [-0.39, 0.29) is 6.61 Å². The number of thioether (sulfide) groups is 1. The summed E-state index contributed by atoms with van der Waals surface area (Å²) in [5.74, 6) is 7.81. The summed E-state index contributed by atoms with van der Waals surface area (Å²) in [7, 11) is 0. The summed E-state index contributed by atoms with van der Waals surface area (Å²) in [5, 5.41) is 8.69. The average molecular weight is 277 g/mol. The van der Waals surface area contributed by atoms with Gasteiger partial charge in [0.15, 0.2) is 0 Å². The van der Waals surface area contributed by atoms with Crippen LogP contribution in [0.25, 0.3) is 0 Å². The summed E-state index contributed by atoms with van der Waals surface area (Å²) in [4.78, 5) is 2.44. The second-order valence-corrected chi connectivity index (χ2v) is 5.34. The van der Waals surface area contributed by atoms with Crippen LogP contribution in [0.15, 0.2) is 24.3 Å². The van der Waals surface area contributed by atoms with Gasteiger partial charge in [-0.15, -0.1) is 0 Å². The van der Waals surface area contributed by atoms with Crippen molar-refractivity contribution in [2.45, 2.75) is 19.6 Å². The maximum Gasteiger partial charge on any atom is 0.104 e. The first kappa shape index (κ1) is 16.1. The van der Waals surface area contributed by atoms with Gasteiger partial charge >= 0.3 is 0 Å². The van der Waals surface area contributed by atoms with E-state index in [1.807, 2.05) is 23.9 Å². The molecular formula is C16H23NOS. The van der Waals surface area contributed by atoms with Crippen molar-refractivity contribution >= 4 is 11.8 Å². The molecule has 0 aromatic heterocycles. The summed E-state index contributed by atoms with van der Waals surface area (Å²) in [5.41, 5.74) is 2.28. The van der Waals surface area contributed by atoms with Crippen LogP contribution < -0.4 is 0 Å². The highest BCUT2D eigenvalue weighted by Gasteiger charge is 1.99. The highest BCUT2D eigenvalue weighted by atomic mass is 32.2. The normalized spacial score (nSPS) is 10.3. The van der Waals surface area contributed by atoms with Crippen molar-refractivity contribution in [3.8, 4) is 11.8 Å². The largest absolute Gasteiger partial charge is 0.384 e. The van der Waals surface area contributed by atoms with E-state index < -0.39 is 0 Å². The number of aliphatic hydroxyl groups is 1. The fourth-order valence-corrected chi connectivity index (χ4v) is 2.75. The number of hydrogen-bond donors (Lipinski definition) is 1. The van der Waals surface area contributed by atoms with Gasteiger partial charge in [-0.3, -0.25) is 0 Å². The predicted octanol–water partition coefficient (Wildman–Crippen LogP) is 2.61. The summed E-state index contributed by atoms with van der Waals surface area (Å²) < 4.78 is 0. The minimum Gasteiger partial charge on any atom is -0.384 e. The van der Waals surface area contributed by atoms with E-state index >= 15 is 0 Å². The van der Waals surface area contributed by atoms with Crippen molar-refractivity contribution in [1.29, 1.82) is 0 Å². The highest BCUT2D eigenvalue weighted by Crippen LogP contribution is 2.13. The molecule has 0 spiro atoms. The van der Waals surface area contributed by atoms with Crippen LogP contribution >= 0.6 is 11.8 Å². The maximum absolute atomic E-state index is 8.69. The van der Waals surface area contributed by atoms with Gasteiger partial charge in [-0.1, -0.05) is 37.8 Å². The lowest BCUT2D eigenvalue weighted by atomic mass is 10.1. The Morgan fingerprint density at radius 1 is 1.26 bits per heavy atom. The Balaban J connectivity index is 2.37. The van der Waals surface area contributed by atoms with Crippen molar-refractivity contribution in [1.82, 2.24) is 4.90 Å². The van der Waals surface area contributed by atoms with Crippen LogP contribution in [-0.2, 0) is 5.75 Å². The number of rotatable bonds is 7. The lowest BCUT2D eigenvalue weighted by Gasteiger charge is -2.17. The van der Waals surface area contributed by atoms with E-state index in [0.29, 0.717) is 0 Å². The van der Waals surface area contributed by atoms with E-state index in [2.05, 4.69) is 42.7 Å². The fourth-order valence-electron chi connectivity index (χ4n) is 1.80. The van der Waals surface area contributed by atoms with Crippen LogP contribution in [0.3, 0.4) is 0 Å². The van der Waals surface area contributed by atoms with E-state index in [4.69, 9.17) is 5.11 Å². The summed E-state index contributed by atoms with van der Waals surface area (Å²) >= 11 is 1.96. The summed E-state index contributed by atoms with van der Waals surface area (Å²) in [6, 6.07) is 8.25. The standard InChI is InChI=1S/C16H23NOS/c1-3-17(4-2)10-12-19-14-16-8-5-7-15(13-16)9-6-11-18/h5,7-8,13,18H,3-4,10-12,14H2,1-2H3. The summed E-state index contributed by atoms with van der Waals surface area (Å²) in [6.45, 7) is 7.74. The van der Waals surface area contributed by atoms with Gasteiger partial charge in [0, 0.05) is 23.6 Å². The first-order valence-corrected chi connectivity index (χ1v) is 7.94. The van der Waals surface area contributed by atoms with Gasteiger partial charge in [0.2, 0.25) is 0 Å². The zero-order valence-corrected chi connectivity index (χ0v) is 12.7. The molecular weight excluding hydrogens is 254 g/mol. The molecule has 1 N–H and O–H groups in total. The molecule has 0 heterocycles. The van der Waals surface area contributed by atoms with Gasteiger partial charge in [0.1, 0.15) is 6.61 Å². The minimum atomic E-state index is -0.0805. The first-order chi connectivity index (χ1) is 9.30. The molecule has 0 radical (unpaired) electrons. The number of aliphatic hydroxyl groups excluding tert-OH is 1. The zero-order chi connectivity index (χ0) is 13.9. The van der Waals surface area contributed by atoms with Crippen LogP contribution in [0.2, 0.25) is 0 Å². The molecule has 104 valence electrons. The molecule has 0 bridgehead atoms. The molecule has 0 saturated carbocycles. The van der Waals surface area contributed by atoms with Gasteiger partial charge in [0.05, 0.1) is 0 Å². The van der Waals surface area contributed by atoms with Gasteiger partial charge in [-0.05, 0) is 30.8 Å². The third-order valence-electron chi connectivity index (χ3n) is 2.95. The Morgan fingerprint density at radius 3 is 2.74 bits per heavy atom. The second kappa shape index (κ2) is 9.91. The van der Waals surface area contributed by atoms with Crippen LogP contribution in [0.4, 0.5) is 0 Å². The van der Waals surface area contributed by atoms with Crippen molar-refractivity contribution in [2.75, 3.05) is 32.0 Å². The molecule has 0 unspecified atom stereocenters. The Labute approximate surface area is 121 Å². The molecule has 0 aliphatic rings. The van der Waals surface area contributed by atoms with Crippen molar-refractivity contribution < 1.29 is 5.11 Å². The SMILES string of the molecule is CCN(CC)CCSCc1cccc(C#CCO)c1. The topological polar surface area (TPSA) is 23.5 Å². The lowest BCUT2D eigenvalue weighted by Crippen LogP contribution is -2.25. The molecule has 1 aromatic rings. The fraction of sp³-hybridized carbons (Fsp3) is 0.500. The molecule has 0 fully saturated rings. The molecule has 1 aromatic carbocycles. The molecule has 0 saturated heterocycles. The van der Waals surface area contributed by atoms with Crippen molar-refractivity contribution in [3.63, 3.8) is 0 Å². The van der Waals surface area contributed by atoms with Crippen molar-refractivity contribution in [3.05, 3.63) is 35.4 Å². The molecule has 0 amide bonds. The van der Waals surface area contributed by atoms with Crippen LogP contribution in [-0.4, -0.2) is 42.0 Å². The smallest absolute Gasteiger partial charge is 0.104 e. The Hall–Kier alpha value is -0.950. The molecule has 2 nitrogen and oxygen atoms in total. The summed E-state index contributed by atoms with van der Waals surface area (Å²) in [6.07, 6.45) is 0. The van der Waals surface area contributed by atoms with Crippen molar-refractivity contribution in [2.24, 2.45) is 0 Å². The molecule has 3 heteroatoms. The quantitative estimate of drug-likeness (QED) is 0.612. The lowest BCUT2D eigenvalue weighted by molar-refractivity contribution is 0.324. The van der Waals surface area contributed by atoms with Gasteiger partial charge in [0.25, 0.3) is 0 Å². The van der Waals surface area contributed by atoms with E-state index in [0.717, 1.165) is 36.7 Å². The molecule has 19 heavy (non-hydrogen) atoms. The monoisotopic (exact) mass is 277 g/mol. The molecule has 1 rings (SSSR count). The van der Waals surface area contributed by atoms with E-state index in [1.165, 1.54) is 5.56 Å². The molecule has 0 aliphatic heterocycles. The number of hydrogen-bond acceptors (Lipinski definition) is 3. The Kier molecular flexibility index (Phi) is 8.40. The third kappa shape index (κ3) is 6.68. The second-order valence-electron chi connectivity index (χ2n) is 4.24. The van der Waals surface area contributed by atoms with E-state index in [1.54, 1.807) is 0 Å². The number of benzene rings is 1. The third-order valence-corrected chi connectivity index (χ3v) is 3.96. The maximum atomic E-state index is 8.69. The minimum absolute atomic E-state index is 0.0805. The predicted molar refractivity (Wildman–Crippen MR) is 84.4 cm³/mol.